The molecule has 9 nitrogen and oxygen atoms in total. The van der Waals surface area contributed by atoms with Gasteiger partial charge in [-0.25, -0.2) is 14.6 Å². The predicted octanol–water partition coefficient (Wildman–Crippen LogP) is 2.60. The number of amides is 2. The number of nitrogens with zero attached hydrogens (tertiary/aromatic N) is 3. The molecule has 1 fully saturated rings. The average Bonchev–Trinajstić information content (AvgIpc) is 2.87. The van der Waals surface area contributed by atoms with E-state index in [0.717, 1.165) is 11.0 Å². The number of piperidine rings is 1. The van der Waals surface area contributed by atoms with Crippen molar-refractivity contribution in [3.8, 4) is 0 Å². The third-order valence-electron chi connectivity index (χ3n) is 6.13. The molecule has 34 heavy (non-hydrogen) atoms. The Labute approximate surface area is 197 Å². The first-order chi connectivity index (χ1) is 16.5. The molecule has 0 unspecified atom stereocenters. The van der Waals surface area contributed by atoms with E-state index in [4.69, 9.17) is 4.74 Å². The highest BCUT2D eigenvalue weighted by Crippen LogP contribution is 2.19. The summed E-state index contributed by atoms with van der Waals surface area (Å²) in [5.74, 6) is -0.0935. The minimum atomic E-state index is -0.888. The quantitative estimate of drug-likeness (QED) is 0.545. The van der Waals surface area contributed by atoms with Crippen LogP contribution in [0.5, 0.6) is 0 Å². The lowest BCUT2D eigenvalue weighted by Crippen LogP contribution is -2.50. The van der Waals surface area contributed by atoms with Crippen molar-refractivity contribution in [1.82, 2.24) is 20.2 Å². The zero-order chi connectivity index (χ0) is 24.1. The molecule has 9 heteroatoms. The number of rotatable bonds is 6. The van der Waals surface area contributed by atoms with Gasteiger partial charge in [-0.1, -0.05) is 42.5 Å². The molecule has 2 heterocycles. The normalized spacial score (nSPS) is 15.1. The zero-order valence-corrected chi connectivity index (χ0v) is 19.4. The van der Waals surface area contributed by atoms with Crippen molar-refractivity contribution in [2.24, 2.45) is 0 Å². The van der Waals surface area contributed by atoms with E-state index < -0.39 is 18.0 Å². The molecule has 0 bridgehead atoms. The van der Waals surface area contributed by atoms with Crippen molar-refractivity contribution in [3.63, 3.8) is 0 Å². The third-order valence-corrected chi connectivity index (χ3v) is 6.13. The monoisotopic (exact) mass is 463 g/mol. The van der Waals surface area contributed by atoms with E-state index in [2.05, 4.69) is 15.6 Å². The van der Waals surface area contributed by atoms with Crippen LogP contribution in [0.4, 0.5) is 10.6 Å². The minimum absolute atomic E-state index is 0.0841. The van der Waals surface area contributed by atoms with Crippen LogP contribution in [-0.2, 0) is 16.1 Å². The molecule has 178 valence electrons. The Hall–Kier alpha value is -3.88. The van der Waals surface area contributed by atoms with Crippen molar-refractivity contribution in [2.75, 3.05) is 25.1 Å². The summed E-state index contributed by atoms with van der Waals surface area (Å²) in [6, 6.07) is 15.2. The number of para-hydroxylation sites is 2. The van der Waals surface area contributed by atoms with Gasteiger partial charge in [0.05, 0.1) is 18.1 Å². The molecule has 4 rings (SSSR count). The molecular formula is C25H29N5O4. The molecule has 3 aromatic rings. The number of esters is 1. The van der Waals surface area contributed by atoms with E-state index in [0.29, 0.717) is 43.9 Å². The van der Waals surface area contributed by atoms with Gasteiger partial charge in [-0.15, -0.1) is 0 Å². The van der Waals surface area contributed by atoms with Crippen molar-refractivity contribution in [2.45, 2.75) is 38.4 Å². The smallest absolute Gasteiger partial charge is 0.333 e. The van der Waals surface area contributed by atoms with Gasteiger partial charge in [0.15, 0.2) is 11.9 Å². The number of anilines is 1. The summed E-state index contributed by atoms with van der Waals surface area (Å²) in [5.41, 5.74) is 2.15. The number of nitrogens with one attached hydrogen (secondary N) is 2. The van der Waals surface area contributed by atoms with Crippen LogP contribution in [0.15, 0.2) is 59.4 Å². The fourth-order valence-corrected chi connectivity index (χ4v) is 4.33. The van der Waals surface area contributed by atoms with Crippen LogP contribution in [0.25, 0.3) is 11.0 Å². The summed E-state index contributed by atoms with van der Waals surface area (Å²) in [4.78, 5) is 44.5. The molecule has 0 spiro atoms. The van der Waals surface area contributed by atoms with E-state index in [9.17, 15) is 14.4 Å². The van der Waals surface area contributed by atoms with Crippen LogP contribution in [0.3, 0.4) is 0 Å². The summed E-state index contributed by atoms with van der Waals surface area (Å²) in [6.07, 6.45) is 1.31. The molecule has 2 amide bonds. The first-order valence-electron chi connectivity index (χ1n) is 11.5. The van der Waals surface area contributed by atoms with Gasteiger partial charge >= 0.3 is 12.0 Å². The fraction of sp³-hybridized carbons (Fsp3) is 0.360. The number of fused-ring (bicyclic) bond motifs is 1. The summed E-state index contributed by atoms with van der Waals surface area (Å²) >= 11 is 0. The molecule has 1 atom stereocenters. The maximum absolute atomic E-state index is 13.1. The number of hydrogen-bond acceptors (Lipinski definition) is 6. The van der Waals surface area contributed by atoms with E-state index in [1.165, 1.54) is 7.11 Å². The van der Waals surface area contributed by atoms with Crippen LogP contribution < -0.4 is 21.1 Å². The van der Waals surface area contributed by atoms with Crippen LogP contribution in [-0.4, -0.2) is 47.8 Å². The minimum Gasteiger partial charge on any atom is -0.467 e. The lowest BCUT2D eigenvalue weighted by molar-refractivity contribution is -0.143. The van der Waals surface area contributed by atoms with Crippen LogP contribution in [0, 0.1) is 0 Å². The Balaban J connectivity index is 1.40. The van der Waals surface area contributed by atoms with Crippen molar-refractivity contribution >= 4 is 28.9 Å². The molecule has 0 radical (unpaired) electrons. The number of hydrogen-bond donors (Lipinski definition) is 2. The van der Waals surface area contributed by atoms with E-state index in [1.807, 2.05) is 42.2 Å². The Morgan fingerprint density at radius 3 is 2.44 bits per heavy atom. The summed E-state index contributed by atoms with van der Waals surface area (Å²) in [6.45, 7) is 3.70. The Kier molecular flexibility index (Phi) is 7.10. The Morgan fingerprint density at radius 1 is 1.09 bits per heavy atom. The second kappa shape index (κ2) is 10.4. The first kappa shape index (κ1) is 23.3. The van der Waals surface area contributed by atoms with Gasteiger partial charge in [-0.3, -0.25) is 4.79 Å². The van der Waals surface area contributed by atoms with Crippen molar-refractivity contribution in [3.05, 3.63) is 70.5 Å². The lowest BCUT2D eigenvalue weighted by atomic mass is 10.0. The highest BCUT2D eigenvalue weighted by molar-refractivity contribution is 5.84. The third kappa shape index (κ3) is 4.88. The lowest BCUT2D eigenvalue weighted by Gasteiger charge is -2.33. The number of aromatic nitrogens is 2. The van der Waals surface area contributed by atoms with Crippen LogP contribution >= 0.6 is 0 Å². The van der Waals surface area contributed by atoms with Gasteiger partial charge in [-0.05, 0) is 37.5 Å². The fourth-order valence-electron chi connectivity index (χ4n) is 4.33. The highest BCUT2D eigenvalue weighted by Gasteiger charge is 2.27. The second-order valence-corrected chi connectivity index (χ2v) is 8.22. The van der Waals surface area contributed by atoms with Crippen LogP contribution in [0.1, 0.15) is 31.4 Å². The Bertz CT molecular complexity index is 1220. The number of aryl methyl sites for hydroxylation is 1. The van der Waals surface area contributed by atoms with Gasteiger partial charge in [0.2, 0.25) is 0 Å². The molecule has 0 aliphatic carbocycles. The van der Waals surface area contributed by atoms with Gasteiger partial charge in [0.25, 0.3) is 5.56 Å². The highest BCUT2D eigenvalue weighted by atomic mass is 16.5. The number of urea groups is 1. The zero-order valence-electron chi connectivity index (χ0n) is 19.4. The van der Waals surface area contributed by atoms with E-state index in [1.54, 1.807) is 28.8 Å². The maximum atomic E-state index is 13.1. The van der Waals surface area contributed by atoms with E-state index >= 15 is 0 Å². The van der Waals surface area contributed by atoms with Crippen molar-refractivity contribution in [1.29, 1.82) is 0 Å². The van der Waals surface area contributed by atoms with Gasteiger partial charge < -0.3 is 24.8 Å². The molecular weight excluding hydrogens is 434 g/mol. The molecule has 1 saturated heterocycles. The number of benzene rings is 2. The molecule has 1 aromatic heterocycles. The first-order valence-corrected chi connectivity index (χ1v) is 11.5. The molecule has 1 aliphatic rings. The largest absolute Gasteiger partial charge is 0.467 e. The summed E-state index contributed by atoms with van der Waals surface area (Å²) < 4.78 is 6.60. The molecule has 2 aromatic carbocycles. The van der Waals surface area contributed by atoms with Crippen molar-refractivity contribution < 1.29 is 14.3 Å². The standard InChI is InChI=1S/C25H29N5O4/c1-3-30-20-12-8-7-11-19(20)27-22(23(30)31)29-15-13-18(14-16-29)26-25(33)28-21(24(32)34-2)17-9-5-4-6-10-17/h4-12,18,21H,3,13-16H2,1-2H3,(H2,26,28,33)/t21-/m1/s1. The number of carbonyl (C=O) groups is 2. The summed E-state index contributed by atoms with van der Waals surface area (Å²) in [7, 11) is 1.29. The molecule has 2 N–H and O–H groups in total. The van der Waals surface area contributed by atoms with Crippen LogP contribution in [0.2, 0.25) is 0 Å². The predicted molar refractivity (Wildman–Crippen MR) is 130 cm³/mol. The second-order valence-electron chi connectivity index (χ2n) is 8.22. The van der Waals surface area contributed by atoms with Gasteiger partial charge in [0.1, 0.15) is 0 Å². The number of carbonyl (C=O) groups excluding carboxylic acids is 2. The SMILES string of the molecule is CCn1c(=O)c(N2CCC(NC(=O)N[C@@H](C(=O)OC)c3ccccc3)CC2)nc2ccccc21. The number of methoxy groups -OCH3 is 1. The Morgan fingerprint density at radius 2 is 1.76 bits per heavy atom. The molecule has 1 aliphatic heterocycles. The summed E-state index contributed by atoms with van der Waals surface area (Å²) in [5, 5.41) is 5.66. The average molecular weight is 464 g/mol. The number of ether oxygens (including phenoxy) is 1. The van der Waals surface area contributed by atoms with Gasteiger partial charge in [-0.2, -0.15) is 0 Å². The van der Waals surface area contributed by atoms with E-state index in [-0.39, 0.29) is 11.6 Å². The molecule has 0 saturated carbocycles. The van der Waals surface area contributed by atoms with Gasteiger partial charge in [0, 0.05) is 25.7 Å². The maximum Gasteiger partial charge on any atom is 0.333 e. The topological polar surface area (TPSA) is 106 Å².